The molecule has 5 aromatic carbocycles. The van der Waals surface area contributed by atoms with Gasteiger partial charge in [0, 0.05) is 50.9 Å². The van der Waals surface area contributed by atoms with Gasteiger partial charge in [-0.1, -0.05) is 91.0 Å². The summed E-state index contributed by atoms with van der Waals surface area (Å²) < 4.78 is 2.39. The van der Waals surface area contributed by atoms with E-state index in [4.69, 9.17) is 9.97 Å². The molecule has 8 aromatic rings. The molecule has 3 nitrogen and oxygen atoms in total. The van der Waals surface area contributed by atoms with Gasteiger partial charge in [-0.15, -0.1) is 0 Å². The van der Waals surface area contributed by atoms with Crippen molar-refractivity contribution in [3.8, 4) is 39.3 Å². The molecule has 0 aliphatic heterocycles. The largest absolute Gasteiger partial charge is 0.309 e. The molecular weight excluding hydrogens is 522 g/mol. The Morgan fingerprint density at radius 1 is 0.512 bits per heavy atom. The Balaban J connectivity index is 1.21. The molecule has 0 spiro atoms. The third kappa shape index (κ3) is 3.82. The number of aryl methyl sites for hydroxylation is 2. The average molecular weight is 550 g/mol. The summed E-state index contributed by atoms with van der Waals surface area (Å²) in [6.45, 7) is 0. The van der Waals surface area contributed by atoms with Crippen molar-refractivity contribution in [2.45, 2.75) is 12.8 Å². The number of aromatic nitrogens is 3. The lowest BCUT2D eigenvalue weighted by Crippen LogP contribution is -2.05. The van der Waals surface area contributed by atoms with Crippen LogP contribution in [-0.4, -0.2) is 14.5 Å². The topological polar surface area (TPSA) is 30.7 Å². The minimum atomic E-state index is 1.00. The number of nitrogens with zero attached hydrogens (tertiary/aromatic N) is 3. The van der Waals surface area contributed by atoms with E-state index in [0.29, 0.717) is 0 Å². The highest BCUT2D eigenvalue weighted by molar-refractivity contribution is 6.10. The van der Waals surface area contributed by atoms with Gasteiger partial charge in [0.15, 0.2) is 0 Å². The molecule has 9 rings (SSSR count). The summed E-state index contributed by atoms with van der Waals surface area (Å²) in [7, 11) is 0. The smallest absolute Gasteiger partial charge is 0.0781 e. The van der Waals surface area contributed by atoms with Crippen LogP contribution in [0.25, 0.3) is 71.9 Å². The highest BCUT2D eigenvalue weighted by Gasteiger charge is 2.18. The molecule has 202 valence electrons. The number of rotatable bonds is 3. The van der Waals surface area contributed by atoms with Gasteiger partial charge in [-0.3, -0.25) is 9.97 Å². The molecule has 0 fully saturated rings. The molecule has 1 aliphatic carbocycles. The molecule has 0 saturated heterocycles. The Hall–Kier alpha value is -5.54. The molecule has 3 heterocycles. The third-order valence-corrected chi connectivity index (χ3v) is 8.98. The van der Waals surface area contributed by atoms with E-state index < -0.39 is 0 Å². The minimum Gasteiger partial charge on any atom is -0.309 e. The first-order valence-corrected chi connectivity index (χ1v) is 14.9. The first-order valence-electron chi connectivity index (χ1n) is 14.9. The summed E-state index contributed by atoms with van der Waals surface area (Å²) in [4.78, 5) is 9.80. The van der Waals surface area contributed by atoms with Gasteiger partial charge >= 0.3 is 0 Å². The fourth-order valence-electron chi connectivity index (χ4n) is 6.92. The summed E-state index contributed by atoms with van der Waals surface area (Å²) in [5, 5.41) is 4.83. The zero-order chi connectivity index (χ0) is 28.3. The van der Waals surface area contributed by atoms with Gasteiger partial charge < -0.3 is 4.57 Å². The Kier molecular flexibility index (Phi) is 5.32. The molecule has 0 radical (unpaired) electrons. The van der Waals surface area contributed by atoms with Crippen LogP contribution in [0.4, 0.5) is 0 Å². The van der Waals surface area contributed by atoms with Crippen molar-refractivity contribution in [2.75, 3.05) is 0 Å². The highest BCUT2D eigenvalue weighted by atomic mass is 15.0. The Morgan fingerprint density at radius 2 is 1.33 bits per heavy atom. The number of hydrogen-bond acceptors (Lipinski definition) is 2. The van der Waals surface area contributed by atoms with Crippen molar-refractivity contribution < 1.29 is 0 Å². The van der Waals surface area contributed by atoms with Gasteiger partial charge in [-0.25, -0.2) is 0 Å². The van der Waals surface area contributed by atoms with Crippen LogP contribution in [0.2, 0.25) is 0 Å². The molecule has 0 bridgehead atoms. The SMILES string of the molecule is c1cc(-c2cc3c(cn2)-c2ccccc2CC3)cc(-n2c3ccccc3c3ccc(-c4nccc5ccccc45)cc32)c1. The zero-order valence-electron chi connectivity index (χ0n) is 23.5. The number of hydrogen-bond donors (Lipinski definition) is 0. The van der Waals surface area contributed by atoms with Crippen LogP contribution in [0.15, 0.2) is 140 Å². The molecule has 0 atom stereocenters. The van der Waals surface area contributed by atoms with Gasteiger partial charge in [-0.2, -0.15) is 0 Å². The highest BCUT2D eigenvalue weighted by Crippen LogP contribution is 2.38. The maximum atomic E-state index is 4.97. The van der Waals surface area contributed by atoms with Gasteiger partial charge in [0.25, 0.3) is 0 Å². The molecular formula is C40H27N3. The van der Waals surface area contributed by atoms with Gasteiger partial charge in [-0.05, 0) is 71.3 Å². The number of para-hydroxylation sites is 1. The molecule has 3 aromatic heterocycles. The van der Waals surface area contributed by atoms with Gasteiger partial charge in [0.1, 0.15) is 0 Å². The summed E-state index contributed by atoms with van der Waals surface area (Å²) in [6, 6.07) is 45.8. The number of pyridine rings is 2. The minimum absolute atomic E-state index is 1.00. The summed E-state index contributed by atoms with van der Waals surface area (Å²) in [5.74, 6) is 0. The summed E-state index contributed by atoms with van der Waals surface area (Å²) in [5.41, 5.74) is 13.1. The van der Waals surface area contributed by atoms with Gasteiger partial charge in [0.05, 0.1) is 22.4 Å². The zero-order valence-corrected chi connectivity index (χ0v) is 23.5. The maximum absolute atomic E-state index is 4.97. The maximum Gasteiger partial charge on any atom is 0.0781 e. The number of benzene rings is 5. The van der Waals surface area contributed by atoms with Crippen molar-refractivity contribution >= 4 is 32.6 Å². The average Bonchev–Trinajstić information content (AvgIpc) is 3.41. The van der Waals surface area contributed by atoms with Crippen molar-refractivity contribution in [3.63, 3.8) is 0 Å². The van der Waals surface area contributed by atoms with E-state index in [0.717, 1.165) is 46.4 Å². The Labute approximate surface area is 249 Å². The van der Waals surface area contributed by atoms with Crippen LogP contribution in [0.3, 0.4) is 0 Å². The van der Waals surface area contributed by atoms with Gasteiger partial charge in [0.2, 0.25) is 0 Å². The van der Waals surface area contributed by atoms with Crippen molar-refractivity contribution in [3.05, 3.63) is 151 Å². The van der Waals surface area contributed by atoms with Crippen LogP contribution in [-0.2, 0) is 12.8 Å². The summed E-state index contributed by atoms with van der Waals surface area (Å²) in [6.07, 6.45) is 6.09. The molecule has 0 unspecified atom stereocenters. The third-order valence-electron chi connectivity index (χ3n) is 8.98. The van der Waals surface area contributed by atoms with Crippen molar-refractivity contribution in [1.82, 2.24) is 14.5 Å². The lowest BCUT2D eigenvalue weighted by Gasteiger charge is -2.20. The monoisotopic (exact) mass is 549 g/mol. The van der Waals surface area contributed by atoms with E-state index >= 15 is 0 Å². The van der Waals surface area contributed by atoms with E-state index in [9.17, 15) is 0 Å². The second-order valence-electron chi connectivity index (χ2n) is 11.4. The number of fused-ring (bicyclic) bond motifs is 7. The van der Waals surface area contributed by atoms with E-state index in [1.807, 2.05) is 6.20 Å². The lowest BCUT2D eigenvalue weighted by molar-refractivity contribution is 0.937. The normalized spacial score (nSPS) is 12.5. The lowest BCUT2D eigenvalue weighted by atomic mass is 9.86. The van der Waals surface area contributed by atoms with E-state index in [2.05, 4.69) is 138 Å². The second-order valence-corrected chi connectivity index (χ2v) is 11.4. The molecule has 43 heavy (non-hydrogen) atoms. The van der Waals surface area contributed by atoms with Crippen molar-refractivity contribution in [2.24, 2.45) is 0 Å². The molecule has 3 heteroatoms. The second kappa shape index (κ2) is 9.50. The van der Waals surface area contributed by atoms with E-state index in [-0.39, 0.29) is 0 Å². The van der Waals surface area contributed by atoms with Crippen LogP contribution >= 0.6 is 0 Å². The van der Waals surface area contributed by atoms with Crippen LogP contribution in [0, 0.1) is 0 Å². The molecule has 0 N–H and O–H groups in total. The summed E-state index contributed by atoms with van der Waals surface area (Å²) >= 11 is 0. The quantitative estimate of drug-likeness (QED) is 0.220. The van der Waals surface area contributed by atoms with E-state index in [1.54, 1.807) is 0 Å². The first kappa shape index (κ1) is 24.1. The Morgan fingerprint density at radius 3 is 2.30 bits per heavy atom. The fraction of sp³-hybridized carbons (Fsp3) is 0.0500. The fourth-order valence-corrected chi connectivity index (χ4v) is 6.92. The van der Waals surface area contributed by atoms with Crippen LogP contribution < -0.4 is 0 Å². The molecule has 0 saturated carbocycles. The first-order chi connectivity index (χ1) is 21.3. The Bertz CT molecular complexity index is 2360. The molecule has 0 amide bonds. The predicted molar refractivity (Wildman–Crippen MR) is 178 cm³/mol. The van der Waals surface area contributed by atoms with Crippen LogP contribution in [0.1, 0.15) is 11.1 Å². The molecule has 1 aliphatic rings. The van der Waals surface area contributed by atoms with Crippen molar-refractivity contribution in [1.29, 1.82) is 0 Å². The predicted octanol–water partition coefficient (Wildman–Crippen LogP) is 9.83. The standard InChI is InChI=1S/C40H27N3/c1-3-12-32-26(8-1)16-17-28-23-37(42-25-36(28)32)29-10-7-11-31(22-29)43-38-15-6-5-14-34(38)35-19-18-30(24-39(35)43)40-33-13-4-2-9-27(33)20-21-41-40/h1-15,18-25H,16-17H2. The van der Waals surface area contributed by atoms with Crippen LogP contribution in [0.5, 0.6) is 0 Å². The van der Waals surface area contributed by atoms with E-state index in [1.165, 1.54) is 49.4 Å².